The Morgan fingerprint density at radius 1 is 0.593 bits per heavy atom. The Kier molecular flexibility index (Phi) is 9.13. The molecule has 2 saturated heterocycles. The van der Waals surface area contributed by atoms with Crippen molar-refractivity contribution in [1.82, 2.24) is 9.80 Å². The zero-order valence-electron chi connectivity index (χ0n) is 19.9. The molecular weight excluding hydrogens is 328 g/mol. The average molecular weight is 379 g/mol. The molecule has 6 unspecified atom stereocenters. The zero-order chi connectivity index (χ0) is 20.1. The highest BCUT2D eigenvalue weighted by atomic mass is 15.1. The summed E-state index contributed by atoms with van der Waals surface area (Å²) in [6.07, 6.45) is 7.12. The van der Waals surface area contributed by atoms with Crippen LogP contribution in [0.15, 0.2) is 0 Å². The Balaban J connectivity index is 1.93. The van der Waals surface area contributed by atoms with Gasteiger partial charge in [-0.05, 0) is 100 Å². The predicted octanol–water partition coefficient (Wildman–Crippen LogP) is 5.88. The maximum Gasteiger partial charge on any atom is 0.00118 e. The molecule has 2 aliphatic rings. The normalized spacial score (nSPS) is 34.0. The van der Waals surface area contributed by atoms with E-state index < -0.39 is 0 Å². The molecule has 0 saturated carbocycles. The van der Waals surface area contributed by atoms with Crippen LogP contribution in [-0.2, 0) is 0 Å². The molecule has 2 heterocycles. The van der Waals surface area contributed by atoms with Gasteiger partial charge in [0.1, 0.15) is 0 Å². The minimum Gasteiger partial charge on any atom is -0.306 e. The monoisotopic (exact) mass is 378 g/mol. The van der Waals surface area contributed by atoms with Crippen LogP contribution in [-0.4, -0.2) is 50.1 Å². The maximum atomic E-state index is 2.58. The Labute approximate surface area is 171 Å². The van der Waals surface area contributed by atoms with Crippen LogP contribution in [0.25, 0.3) is 0 Å². The summed E-state index contributed by atoms with van der Waals surface area (Å²) >= 11 is 0. The van der Waals surface area contributed by atoms with Crippen molar-refractivity contribution in [2.24, 2.45) is 47.3 Å². The highest BCUT2D eigenvalue weighted by molar-refractivity contribution is 4.86. The van der Waals surface area contributed by atoms with Crippen LogP contribution in [0.3, 0.4) is 0 Å². The van der Waals surface area contributed by atoms with Crippen LogP contribution in [0, 0.1) is 47.3 Å². The van der Waals surface area contributed by atoms with Gasteiger partial charge in [-0.2, -0.15) is 0 Å². The molecule has 0 aliphatic carbocycles. The van der Waals surface area contributed by atoms with E-state index in [0.717, 1.165) is 47.3 Å². The number of hydrogen-bond donors (Lipinski definition) is 0. The molecule has 2 aliphatic heterocycles. The number of likely N-dealkylation sites (tertiary alicyclic amines) is 2. The SMILES string of the molecule is CC(C)C1CCN(C)CCC1C(C)CCC(C)C1CCN(C)CC1C(C)C. The number of rotatable bonds is 7. The van der Waals surface area contributed by atoms with Gasteiger partial charge in [0.15, 0.2) is 0 Å². The van der Waals surface area contributed by atoms with Crippen molar-refractivity contribution < 1.29 is 0 Å². The van der Waals surface area contributed by atoms with E-state index in [-0.39, 0.29) is 0 Å². The quantitative estimate of drug-likeness (QED) is 0.546. The third-order valence-electron chi connectivity index (χ3n) is 8.41. The smallest absolute Gasteiger partial charge is 0.00118 e. The van der Waals surface area contributed by atoms with E-state index in [1.54, 1.807) is 0 Å². The molecule has 2 heteroatoms. The van der Waals surface area contributed by atoms with Gasteiger partial charge in [-0.25, -0.2) is 0 Å². The average Bonchev–Trinajstić information content (AvgIpc) is 2.81. The molecule has 0 aromatic carbocycles. The standard InChI is InChI=1S/C25H50N2/c1-18(2)22-11-14-26(7)15-12-23(22)20(5)9-10-21(6)24-13-16-27(8)17-25(24)19(3)4/h18-25H,9-17H2,1-8H3. The topological polar surface area (TPSA) is 6.48 Å². The van der Waals surface area contributed by atoms with Gasteiger partial charge >= 0.3 is 0 Å². The summed E-state index contributed by atoms with van der Waals surface area (Å²) in [5.41, 5.74) is 0. The van der Waals surface area contributed by atoms with Gasteiger partial charge in [0.2, 0.25) is 0 Å². The second-order valence-corrected chi connectivity index (χ2v) is 11.1. The van der Waals surface area contributed by atoms with E-state index in [1.807, 2.05) is 0 Å². The fourth-order valence-electron chi connectivity index (χ4n) is 6.35. The lowest BCUT2D eigenvalue weighted by Gasteiger charge is -2.42. The van der Waals surface area contributed by atoms with Gasteiger partial charge in [0.25, 0.3) is 0 Å². The highest BCUT2D eigenvalue weighted by Crippen LogP contribution is 2.40. The van der Waals surface area contributed by atoms with E-state index in [0.29, 0.717) is 0 Å². The summed E-state index contributed by atoms with van der Waals surface area (Å²) in [6, 6.07) is 0. The van der Waals surface area contributed by atoms with E-state index in [9.17, 15) is 0 Å². The Morgan fingerprint density at radius 2 is 1.00 bits per heavy atom. The van der Waals surface area contributed by atoms with Gasteiger partial charge in [0, 0.05) is 6.54 Å². The van der Waals surface area contributed by atoms with Gasteiger partial charge in [-0.3, -0.25) is 0 Å². The van der Waals surface area contributed by atoms with Crippen molar-refractivity contribution in [2.75, 3.05) is 40.3 Å². The van der Waals surface area contributed by atoms with E-state index >= 15 is 0 Å². The van der Waals surface area contributed by atoms with Crippen molar-refractivity contribution in [3.63, 3.8) is 0 Å². The minimum absolute atomic E-state index is 0.820. The largest absolute Gasteiger partial charge is 0.306 e. The lowest BCUT2D eigenvalue weighted by Crippen LogP contribution is -2.42. The molecule has 2 nitrogen and oxygen atoms in total. The van der Waals surface area contributed by atoms with Crippen LogP contribution in [0.4, 0.5) is 0 Å². The van der Waals surface area contributed by atoms with E-state index in [1.165, 1.54) is 58.3 Å². The van der Waals surface area contributed by atoms with Crippen LogP contribution >= 0.6 is 0 Å². The first-order valence-corrected chi connectivity index (χ1v) is 12.1. The van der Waals surface area contributed by atoms with Crippen molar-refractivity contribution >= 4 is 0 Å². The first-order valence-electron chi connectivity index (χ1n) is 12.1. The van der Waals surface area contributed by atoms with E-state index in [4.69, 9.17) is 0 Å². The van der Waals surface area contributed by atoms with Crippen molar-refractivity contribution in [3.05, 3.63) is 0 Å². The molecule has 0 aromatic heterocycles. The second kappa shape index (κ2) is 10.6. The predicted molar refractivity (Wildman–Crippen MR) is 120 cm³/mol. The zero-order valence-corrected chi connectivity index (χ0v) is 19.9. The minimum atomic E-state index is 0.820. The Morgan fingerprint density at radius 3 is 1.48 bits per heavy atom. The summed E-state index contributed by atoms with van der Waals surface area (Å²) < 4.78 is 0. The summed E-state index contributed by atoms with van der Waals surface area (Å²) in [5.74, 6) is 7.11. The van der Waals surface area contributed by atoms with Gasteiger partial charge < -0.3 is 9.80 Å². The van der Waals surface area contributed by atoms with Crippen LogP contribution in [0.2, 0.25) is 0 Å². The highest BCUT2D eigenvalue weighted by Gasteiger charge is 2.35. The molecule has 0 radical (unpaired) electrons. The molecule has 2 rings (SSSR count). The summed E-state index contributed by atoms with van der Waals surface area (Å²) in [7, 11) is 4.63. The number of piperidine rings is 1. The fraction of sp³-hybridized carbons (Fsp3) is 1.00. The molecule has 0 N–H and O–H groups in total. The Hall–Kier alpha value is -0.0800. The number of nitrogens with zero attached hydrogens (tertiary/aromatic N) is 2. The summed E-state index contributed by atoms with van der Waals surface area (Å²) in [4.78, 5) is 5.13. The van der Waals surface area contributed by atoms with Crippen molar-refractivity contribution in [3.8, 4) is 0 Å². The molecule has 160 valence electrons. The van der Waals surface area contributed by atoms with Crippen LogP contribution < -0.4 is 0 Å². The summed E-state index contributed by atoms with van der Waals surface area (Å²) in [5, 5.41) is 0. The molecule has 0 aromatic rings. The molecule has 6 atom stereocenters. The Bertz CT molecular complexity index is 419. The lowest BCUT2D eigenvalue weighted by atomic mass is 9.69. The van der Waals surface area contributed by atoms with Gasteiger partial charge in [0.05, 0.1) is 0 Å². The molecule has 0 spiro atoms. The van der Waals surface area contributed by atoms with Crippen molar-refractivity contribution in [2.45, 2.75) is 73.6 Å². The molecule has 2 fully saturated rings. The molecule has 0 bridgehead atoms. The molecule has 0 amide bonds. The third-order valence-corrected chi connectivity index (χ3v) is 8.41. The lowest BCUT2D eigenvalue weighted by molar-refractivity contribution is 0.0659. The van der Waals surface area contributed by atoms with E-state index in [2.05, 4.69) is 65.4 Å². The van der Waals surface area contributed by atoms with Crippen LogP contribution in [0.5, 0.6) is 0 Å². The van der Waals surface area contributed by atoms with Gasteiger partial charge in [-0.15, -0.1) is 0 Å². The second-order valence-electron chi connectivity index (χ2n) is 11.1. The molecular formula is C25H50N2. The first kappa shape index (κ1) is 23.2. The van der Waals surface area contributed by atoms with Gasteiger partial charge in [-0.1, -0.05) is 54.4 Å². The molecule has 27 heavy (non-hydrogen) atoms. The first-order chi connectivity index (χ1) is 12.7. The fourth-order valence-corrected chi connectivity index (χ4v) is 6.35. The van der Waals surface area contributed by atoms with Crippen LogP contribution in [0.1, 0.15) is 73.6 Å². The third kappa shape index (κ3) is 6.46. The maximum absolute atomic E-state index is 2.58. The van der Waals surface area contributed by atoms with Crippen molar-refractivity contribution in [1.29, 1.82) is 0 Å². The summed E-state index contributed by atoms with van der Waals surface area (Å²) in [6.45, 7) is 20.2. The number of hydrogen-bond acceptors (Lipinski definition) is 2.